The van der Waals surface area contributed by atoms with Gasteiger partial charge in [0.15, 0.2) is 11.6 Å². The molecule has 3 aromatic rings. The molecule has 3 rings (SSSR count). The van der Waals surface area contributed by atoms with Gasteiger partial charge in [0.1, 0.15) is 23.8 Å². The van der Waals surface area contributed by atoms with Gasteiger partial charge in [0.25, 0.3) is 11.6 Å². The highest BCUT2D eigenvalue weighted by molar-refractivity contribution is 5.98. The topological polar surface area (TPSA) is 144 Å². The highest BCUT2D eigenvalue weighted by Gasteiger charge is 2.17. The molecular formula is C19H12FN5O4. The third kappa shape index (κ3) is 4.25. The van der Waals surface area contributed by atoms with Crippen LogP contribution in [0.5, 0.6) is 11.5 Å². The van der Waals surface area contributed by atoms with Crippen LogP contribution in [0, 0.1) is 27.3 Å². The van der Waals surface area contributed by atoms with E-state index >= 15 is 0 Å². The molecular weight excluding hydrogens is 381 g/mol. The zero-order valence-electron chi connectivity index (χ0n) is 14.6. The molecule has 1 aromatic heterocycles. The number of rotatable bonds is 6. The summed E-state index contributed by atoms with van der Waals surface area (Å²) in [7, 11) is 0. The van der Waals surface area contributed by atoms with Gasteiger partial charge in [0.2, 0.25) is 0 Å². The molecule has 0 radical (unpaired) electrons. The van der Waals surface area contributed by atoms with Crippen molar-refractivity contribution in [3.8, 4) is 17.6 Å². The van der Waals surface area contributed by atoms with E-state index in [4.69, 9.17) is 15.7 Å². The molecule has 0 aliphatic rings. The van der Waals surface area contributed by atoms with Crippen LogP contribution in [0.2, 0.25) is 0 Å². The molecule has 0 fully saturated rings. The maximum atomic E-state index is 14.5. The minimum atomic E-state index is -0.933. The van der Waals surface area contributed by atoms with Crippen molar-refractivity contribution in [2.24, 2.45) is 5.73 Å². The number of ether oxygens (including phenoxy) is 1. The van der Waals surface area contributed by atoms with Gasteiger partial charge < -0.3 is 15.8 Å². The van der Waals surface area contributed by atoms with Crippen LogP contribution >= 0.6 is 0 Å². The molecule has 0 unspecified atom stereocenters. The molecule has 0 aliphatic carbocycles. The van der Waals surface area contributed by atoms with Gasteiger partial charge >= 0.3 is 0 Å². The van der Waals surface area contributed by atoms with Crippen molar-refractivity contribution in [2.75, 3.05) is 5.32 Å². The summed E-state index contributed by atoms with van der Waals surface area (Å²) in [5, 5.41) is 22.6. The third-order valence-electron chi connectivity index (χ3n) is 3.77. The van der Waals surface area contributed by atoms with Gasteiger partial charge in [0, 0.05) is 17.8 Å². The number of aromatic nitrogens is 1. The third-order valence-corrected chi connectivity index (χ3v) is 3.77. The van der Waals surface area contributed by atoms with Crippen LogP contribution in [0.4, 0.5) is 21.6 Å². The Bertz CT molecular complexity index is 1160. The Morgan fingerprint density at radius 2 is 2.00 bits per heavy atom. The summed E-state index contributed by atoms with van der Waals surface area (Å²) < 4.78 is 19.9. The van der Waals surface area contributed by atoms with Gasteiger partial charge in [-0.1, -0.05) is 12.1 Å². The standard InChI is InChI=1S/C19H12FN5O4/c20-15-7-12(5-6-17(15)29-16-4-2-1-3-11(16)9-21)24-19-14(18(22)26)8-13(10-23-19)25(27)28/h1-8,10H,(H2,22,26)(H,23,24). The molecule has 29 heavy (non-hydrogen) atoms. The average Bonchev–Trinajstić information content (AvgIpc) is 2.70. The van der Waals surface area contributed by atoms with Gasteiger partial charge in [-0.3, -0.25) is 14.9 Å². The molecule has 9 nitrogen and oxygen atoms in total. The molecule has 0 spiro atoms. The number of hydrogen-bond donors (Lipinski definition) is 2. The van der Waals surface area contributed by atoms with Gasteiger partial charge in [-0.05, 0) is 24.3 Å². The number of carbonyl (C=O) groups is 1. The lowest BCUT2D eigenvalue weighted by Gasteiger charge is -2.12. The van der Waals surface area contributed by atoms with Gasteiger partial charge in [0.05, 0.1) is 16.1 Å². The Morgan fingerprint density at radius 1 is 1.24 bits per heavy atom. The number of halogens is 1. The van der Waals surface area contributed by atoms with Crippen molar-refractivity contribution in [2.45, 2.75) is 0 Å². The van der Waals surface area contributed by atoms with Gasteiger partial charge in [-0.2, -0.15) is 5.26 Å². The molecule has 3 N–H and O–H groups in total. The molecule has 1 amide bonds. The Hall–Kier alpha value is -4.52. The first-order chi connectivity index (χ1) is 13.9. The van der Waals surface area contributed by atoms with Crippen molar-refractivity contribution in [3.63, 3.8) is 0 Å². The number of amides is 1. The van der Waals surface area contributed by atoms with E-state index in [1.807, 2.05) is 6.07 Å². The number of hydrogen-bond acceptors (Lipinski definition) is 7. The summed E-state index contributed by atoms with van der Waals surface area (Å²) in [4.78, 5) is 25.5. The smallest absolute Gasteiger partial charge is 0.288 e. The minimum absolute atomic E-state index is 0.0639. The number of nitro groups is 1. The number of benzene rings is 2. The fraction of sp³-hybridized carbons (Fsp3) is 0. The van der Waals surface area contributed by atoms with E-state index in [-0.39, 0.29) is 34.1 Å². The Balaban J connectivity index is 1.87. The molecule has 0 bridgehead atoms. The van der Waals surface area contributed by atoms with Crippen LogP contribution in [-0.4, -0.2) is 15.8 Å². The van der Waals surface area contributed by atoms with E-state index in [0.717, 1.165) is 18.3 Å². The summed E-state index contributed by atoms with van der Waals surface area (Å²) in [5.41, 5.74) is 5.06. The summed E-state index contributed by atoms with van der Waals surface area (Å²) in [5.74, 6) is -1.67. The zero-order valence-corrected chi connectivity index (χ0v) is 14.6. The van der Waals surface area contributed by atoms with Crippen LogP contribution in [0.15, 0.2) is 54.7 Å². The summed E-state index contributed by atoms with van der Waals surface area (Å²) in [6.45, 7) is 0. The number of carbonyl (C=O) groups excluding carboxylic acids is 1. The molecule has 0 saturated carbocycles. The number of nitrogens with zero attached hydrogens (tertiary/aromatic N) is 3. The Labute approximate surface area is 163 Å². The van der Waals surface area contributed by atoms with Crippen LogP contribution in [0.1, 0.15) is 15.9 Å². The van der Waals surface area contributed by atoms with E-state index < -0.39 is 22.3 Å². The van der Waals surface area contributed by atoms with Crippen molar-refractivity contribution < 1.29 is 18.8 Å². The molecule has 0 aliphatic heterocycles. The van der Waals surface area contributed by atoms with E-state index in [1.54, 1.807) is 12.1 Å². The second-order valence-electron chi connectivity index (χ2n) is 5.69. The van der Waals surface area contributed by atoms with Crippen LogP contribution < -0.4 is 15.8 Å². The SMILES string of the molecule is N#Cc1ccccc1Oc1ccc(Nc2ncc([N+](=O)[O-])cc2C(N)=O)cc1F. The van der Waals surface area contributed by atoms with Crippen molar-refractivity contribution in [3.05, 3.63) is 81.8 Å². The lowest BCUT2D eigenvalue weighted by molar-refractivity contribution is -0.385. The molecule has 2 aromatic carbocycles. The van der Waals surface area contributed by atoms with Crippen molar-refractivity contribution in [1.29, 1.82) is 5.26 Å². The molecule has 0 atom stereocenters. The largest absolute Gasteiger partial charge is 0.453 e. The molecule has 0 saturated heterocycles. The monoisotopic (exact) mass is 393 g/mol. The first kappa shape index (κ1) is 19.2. The van der Waals surface area contributed by atoms with Gasteiger partial charge in [-0.15, -0.1) is 0 Å². The van der Waals surface area contributed by atoms with Crippen LogP contribution in [0.25, 0.3) is 0 Å². The summed E-state index contributed by atoms with van der Waals surface area (Å²) in [6, 6.07) is 13.1. The van der Waals surface area contributed by atoms with Crippen molar-refractivity contribution >= 4 is 23.1 Å². The predicted molar refractivity (Wildman–Crippen MR) is 100 cm³/mol. The normalized spacial score (nSPS) is 10.1. The number of nitrogens with two attached hydrogens (primary N) is 1. The molecule has 1 heterocycles. The first-order valence-corrected chi connectivity index (χ1v) is 8.07. The highest BCUT2D eigenvalue weighted by Crippen LogP contribution is 2.30. The lowest BCUT2D eigenvalue weighted by Crippen LogP contribution is -2.14. The van der Waals surface area contributed by atoms with Gasteiger partial charge in [-0.25, -0.2) is 9.37 Å². The molecule has 144 valence electrons. The number of primary amides is 1. The fourth-order valence-corrected chi connectivity index (χ4v) is 2.41. The number of nitrogens with one attached hydrogen (secondary N) is 1. The van der Waals surface area contributed by atoms with Crippen LogP contribution in [0.3, 0.4) is 0 Å². The number of nitriles is 1. The van der Waals surface area contributed by atoms with E-state index in [0.29, 0.717) is 0 Å². The fourth-order valence-electron chi connectivity index (χ4n) is 2.41. The second-order valence-corrected chi connectivity index (χ2v) is 5.69. The average molecular weight is 393 g/mol. The van der Waals surface area contributed by atoms with E-state index in [1.165, 1.54) is 24.3 Å². The minimum Gasteiger partial charge on any atom is -0.453 e. The van der Waals surface area contributed by atoms with E-state index in [9.17, 15) is 19.3 Å². The molecule has 10 heteroatoms. The Kier molecular flexibility index (Phi) is 5.32. The summed E-state index contributed by atoms with van der Waals surface area (Å²) in [6.07, 6.45) is 0.946. The van der Waals surface area contributed by atoms with Crippen LogP contribution in [-0.2, 0) is 0 Å². The maximum Gasteiger partial charge on any atom is 0.288 e. The Morgan fingerprint density at radius 3 is 2.66 bits per heavy atom. The first-order valence-electron chi connectivity index (χ1n) is 8.07. The highest BCUT2D eigenvalue weighted by atomic mass is 19.1. The zero-order chi connectivity index (χ0) is 21.0. The second kappa shape index (κ2) is 8.01. The predicted octanol–water partition coefficient (Wildman–Crippen LogP) is 3.64. The number of anilines is 2. The van der Waals surface area contributed by atoms with E-state index in [2.05, 4.69) is 10.3 Å². The maximum absolute atomic E-state index is 14.5. The summed E-state index contributed by atoms with van der Waals surface area (Å²) >= 11 is 0. The number of pyridine rings is 1. The van der Waals surface area contributed by atoms with Crippen molar-refractivity contribution in [1.82, 2.24) is 4.98 Å². The lowest BCUT2D eigenvalue weighted by atomic mass is 10.2. The number of para-hydroxylation sites is 1. The quantitative estimate of drug-likeness (QED) is 0.480.